The van der Waals surface area contributed by atoms with Crippen LogP contribution in [0.5, 0.6) is 0 Å². The fourth-order valence-corrected chi connectivity index (χ4v) is 3.00. The monoisotopic (exact) mass is 349 g/mol. The predicted octanol–water partition coefficient (Wildman–Crippen LogP) is 5.46. The minimum atomic E-state index is -0.382. The van der Waals surface area contributed by atoms with Gasteiger partial charge in [0.05, 0.1) is 16.2 Å². The highest BCUT2D eigenvalue weighted by atomic mass is 35.5. The lowest BCUT2D eigenvalue weighted by Gasteiger charge is -2.10. The minimum Gasteiger partial charge on any atom is -0.250 e. The second-order valence-electron chi connectivity index (χ2n) is 5.70. The van der Waals surface area contributed by atoms with Crippen molar-refractivity contribution in [1.29, 1.82) is 0 Å². The topological polar surface area (TPSA) is 38.7 Å². The van der Waals surface area contributed by atoms with E-state index in [9.17, 15) is 4.39 Å². The summed E-state index contributed by atoms with van der Waals surface area (Å²) in [6.07, 6.45) is 0. The lowest BCUT2D eigenvalue weighted by molar-refractivity contribution is 0.628. The van der Waals surface area contributed by atoms with E-state index in [1.54, 1.807) is 6.07 Å². The lowest BCUT2D eigenvalue weighted by atomic mass is 10.1. The summed E-state index contributed by atoms with van der Waals surface area (Å²) in [6, 6.07) is 17.7. The van der Waals surface area contributed by atoms with E-state index in [1.165, 1.54) is 12.1 Å². The molecule has 4 aromatic rings. The van der Waals surface area contributed by atoms with Gasteiger partial charge < -0.3 is 0 Å². The average molecular weight is 350 g/mol. The van der Waals surface area contributed by atoms with Gasteiger partial charge in [-0.2, -0.15) is 0 Å². The van der Waals surface area contributed by atoms with Crippen LogP contribution in [-0.2, 0) is 0 Å². The molecule has 0 aliphatic carbocycles. The van der Waals surface area contributed by atoms with E-state index in [0.717, 1.165) is 16.6 Å². The first-order valence-electron chi connectivity index (χ1n) is 7.78. The summed E-state index contributed by atoms with van der Waals surface area (Å²) in [5, 5.41) is 1.17. The molecule has 0 saturated carbocycles. The SMILES string of the molecule is Cc1cccc(-c2nc(-c3ccc(F)cc3Cl)c3ccccc3n2)n1. The van der Waals surface area contributed by atoms with Crippen LogP contribution < -0.4 is 0 Å². The molecule has 2 aromatic heterocycles. The number of aromatic nitrogens is 3. The fourth-order valence-electron chi connectivity index (χ4n) is 2.75. The van der Waals surface area contributed by atoms with Crippen LogP contribution in [-0.4, -0.2) is 15.0 Å². The standard InChI is InChI=1S/C20H13ClFN3/c1-12-5-4-8-18(23-12)20-24-17-7-3-2-6-15(17)19(25-20)14-10-9-13(22)11-16(14)21/h2-11H,1H3. The summed E-state index contributed by atoms with van der Waals surface area (Å²) in [7, 11) is 0. The molecule has 25 heavy (non-hydrogen) atoms. The Hall–Kier alpha value is -2.85. The smallest absolute Gasteiger partial charge is 0.179 e. The van der Waals surface area contributed by atoms with E-state index in [2.05, 4.69) is 9.97 Å². The number of para-hydroxylation sites is 1. The first kappa shape index (κ1) is 15.7. The molecule has 0 saturated heterocycles. The van der Waals surface area contributed by atoms with E-state index in [-0.39, 0.29) is 5.82 Å². The van der Waals surface area contributed by atoms with E-state index in [1.807, 2.05) is 49.4 Å². The molecule has 0 atom stereocenters. The maximum absolute atomic E-state index is 13.4. The van der Waals surface area contributed by atoms with Crippen molar-refractivity contribution in [2.75, 3.05) is 0 Å². The summed E-state index contributed by atoms with van der Waals surface area (Å²) in [4.78, 5) is 13.8. The normalized spacial score (nSPS) is 11.0. The Morgan fingerprint density at radius 3 is 2.52 bits per heavy atom. The van der Waals surface area contributed by atoms with E-state index < -0.39 is 0 Å². The van der Waals surface area contributed by atoms with Gasteiger partial charge in [-0.15, -0.1) is 0 Å². The number of hydrogen-bond acceptors (Lipinski definition) is 3. The largest absolute Gasteiger partial charge is 0.250 e. The Labute approximate surface area is 149 Å². The van der Waals surface area contributed by atoms with Crippen molar-refractivity contribution >= 4 is 22.5 Å². The molecule has 2 heterocycles. The number of hydrogen-bond donors (Lipinski definition) is 0. The maximum Gasteiger partial charge on any atom is 0.179 e. The van der Waals surface area contributed by atoms with E-state index >= 15 is 0 Å². The zero-order valence-electron chi connectivity index (χ0n) is 13.4. The Bertz CT molecular complexity index is 1100. The number of benzene rings is 2. The second kappa shape index (κ2) is 6.22. The highest BCUT2D eigenvalue weighted by Crippen LogP contribution is 2.33. The van der Waals surface area contributed by atoms with Gasteiger partial charge >= 0.3 is 0 Å². The first-order valence-corrected chi connectivity index (χ1v) is 8.16. The summed E-state index contributed by atoms with van der Waals surface area (Å²) < 4.78 is 13.4. The minimum absolute atomic E-state index is 0.312. The quantitative estimate of drug-likeness (QED) is 0.482. The van der Waals surface area contributed by atoms with Crippen LogP contribution in [0.1, 0.15) is 5.69 Å². The highest BCUT2D eigenvalue weighted by molar-refractivity contribution is 6.33. The van der Waals surface area contributed by atoms with Gasteiger partial charge in [0.1, 0.15) is 11.5 Å². The first-order chi connectivity index (χ1) is 12.1. The molecule has 0 radical (unpaired) electrons. The van der Waals surface area contributed by atoms with Crippen molar-refractivity contribution < 1.29 is 4.39 Å². The Morgan fingerprint density at radius 1 is 0.880 bits per heavy atom. The van der Waals surface area contributed by atoms with Crippen molar-refractivity contribution in [3.63, 3.8) is 0 Å². The lowest BCUT2D eigenvalue weighted by Crippen LogP contribution is -1.97. The van der Waals surface area contributed by atoms with Gasteiger partial charge in [-0.1, -0.05) is 35.9 Å². The zero-order chi connectivity index (χ0) is 17.4. The summed E-state index contributed by atoms with van der Waals surface area (Å²) in [5.41, 5.74) is 3.68. The van der Waals surface area contributed by atoms with Crippen LogP contribution in [0.25, 0.3) is 33.7 Å². The molecule has 0 aliphatic rings. The molecule has 0 aliphatic heterocycles. The van der Waals surface area contributed by atoms with Crippen LogP contribution in [0, 0.1) is 12.7 Å². The number of nitrogens with zero attached hydrogens (tertiary/aromatic N) is 3. The number of rotatable bonds is 2. The van der Waals surface area contributed by atoms with Crippen molar-refractivity contribution in [3.8, 4) is 22.8 Å². The van der Waals surface area contributed by atoms with Gasteiger partial charge in [0.25, 0.3) is 0 Å². The third kappa shape index (κ3) is 2.96. The van der Waals surface area contributed by atoms with Crippen molar-refractivity contribution in [3.05, 3.63) is 77.2 Å². The van der Waals surface area contributed by atoms with Gasteiger partial charge in [-0.25, -0.2) is 19.3 Å². The summed E-state index contributed by atoms with van der Waals surface area (Å²) in [5.74, 6) is 0.130. The molecule has 5 heteroatoms. The van der Waals surface area contributed by atoms with E-state index in [0.29, 0.717) is 27.8 Å². The number of fused-ring (bicyclic) bond motifs is 1. The number of halogens is 2. The van der Waals surface area contributed by atoms with Crippen molar-refractivity contribution in [1.82, 2.24) is 15.0 Å². The predicted molar refractivity (Wildman–Crippen MR) is 97.9 cm³/mol. The molecule has 0 spiro atoms. The van der Waals surface area contributed by atoms with Crippen LogP contribution in [0.4, 0.5) is 4.39 Å². The molecule has 0 N–H and O–H groups in total. The third-order valence-electron chi connectivity index (χ3n) is 3.91. The zero-order valence-corrected chi connectivity index (χ0v) is 14.1. The van der Waals surface area contributed by atoms with Gasteiger partial charge in [-0.05, 0) is 43.3 Å². The van der Waals surface area contributed by atoms with Crippen LogP contribution in [0.15, 0.2) is 60.7 Å². The molecule has 0 fully saturated rings. The Kier molecular flexibility index (Phi) is 3.90. The van der Waals surface area contributed by atoms with Gasteiger partial charge in [0.2, 0.25) is 0 Å². The summed E-state index contributed by atoms with van der Waals surface area (Å²) >= 11 is 6.27. The molecule has 3 nitrogen and oxygen atoms in total. The molecule has 0 bridgehead atoms. The molecule has 4 rings (SSSR count). The number of aryl methyl sites for hydroxylation is 1. The average Bonchev–Trinajstić information content (AvgIpc) is 2.61. The van der Waals surface area contributed by atoms with Crippen molar-refractivity contribution in [2.45, 2.75) is 6.92 Å². The van der Waals surface area contributed by atoms with Gasteiger partial charge in [-0.3, -0.25) is 0 Å². The Balaban J connectivity index is 2.02. The molecule has 2 aromatic carbocycles. The van der Waals surface area contributed by atoms with Crippen LogP contribution >= 0.6 is 11.6 Å². The molecule has 0 amide bonds. The number of pyridine rings is 1. The Morgan fingerprint density at radius 2 is 1.72 bits per heavy atom. The molecular weight excluding hydrogens is 337 g/mol. The summed E-state index contributed by atoms with van der Waals surface area (Å²) in [6.45, 7) is 1.92. The van der Waals surface area contributed by atoms with Gasteiger partial charge in [0, 0.05) is 16.6 Å². The third-order valence-corrected chi connectivity index (χ3v) is 4.22. The molecule has 122 valence electrons. The molecule has 0 unspecified atom stereocenters. The second-order valence-corrected chi connectivity index (χ2v) is 6.11. The van der Waals surface area contributed by atoms with Gasteiger partial charge in [0.15, 0.2) is 5.82 Å². The van der Waals surface area contributed by atoms with Crippen LogP contribution in [0.2, 0.25) is 5.02 Å². The fraction of sp³-hybridized carbons (Fsp3) is 0.0500. The molecular formula is C20H13ClFN3. The maximum atomic E-state index is 13.4. The van der Waals surface area contributed by atoms with Crippen LogP contribution in [0.3, 0.4) is 0 Å². The van der Waals surface area contributed by atoms with E-state index in [4.69, 9.17) is 16.6 Å². The highest BCUT2D eigenvalue weighted by Gasteiger charge is 2.14. The van der Waals surface area contributed by atoms with Crippen molar-refractivity contribution in [2.24, 2.45) is 0 Å².